The average Bonchev–Trinajstić information content (AvgIpc) is 2.77. The summed E-state index contributed by atoms with van der Waals surface area (Å²) in [7, 11) is 0. The van der Waals surface area contributed by atoms with Gasteiger partial charge in [-0.05, 0) is 31.1 Å². The topological polar surface area (TPSA) is 42.2 Å². The molecule has 1 fully saturated rings. The minimum atomic E-state index is -0.224. The van der Waals surface area contributed by atoms with Gasteiger partial charge in [-0.1, -0.05) is 25.9 Å². The predicted octanol–water partition coefficient (Wildman–Crippen LogP) is 3.63. The van der Waals surface area contributed by atoms with Crippen LogP contribution in [-0.2, 0) is 0 Å². The molecule has 0 bridgehead atoms. The highest BCUT2D eigenvalue weighted by Crippen LogP contribution is 2.35. The first-order valence-corrected chi connectivity index (χ1v) is 7.04. The lowest BCUT2D eigenvalue weighted by atomic mass is 9.75. The van der Waals surface area contributed by atoms with E-state index in [-0.39, 0.29) is 5.38 Å². The van der Waals surface area contributed by atoms with Crippen LogP contribution in [-0.4, -0.2) is 23.3 Å². The Labute approximate surface area is 114 Å². The summed E-state index contributed by atoms with van der Waals surface area (Å²) in [6, 6.07) is 0.616. The van der Waals surface area contributed by atoms with Crippen molar-refractivity contribution in [3.8, 4) is 0 Å². The molecule has 1 aliphatic rings. The molecule has 0 saturated carbocycles. The Balaban J connectivity index is 1.97. The fourth-order valence-corrected chi connectivity index (χ4v) is 2.54. The number of hydrogen-bond donors (Lipinski definition) is 0. The summed E-state index contributed by atoms with van der Waals surface area (Å²) < 4.78 is 5.58. The quantitative estimate of drug-likeness (QED) is 0.771. The van der Waals surface area contributed by atoms with Crippen molar-refractivity contribution in [2.75, 3.05) is 18.0 Å². The van der Waals surface area contributed by atoms with E-state index in [1.165, 1.54) is 12.8 Å². The van der Waals surface area contributed by atoms with Crippen molar-refractivity contribution >= 4 is 17.6 Å². The number of anilines is 1. The number of rotatable bonds is 2. The molecule has 0 aliphatic carbocycles. The van der Waals surface area contributed by atoms with E-state index in [1.54, 1.807) is 0 Å². The molecule has 5 heteroatoms. The number of alkyl halides is 1. The minimum Gasteiger partial charge on any atom is -0.406 e. The maximum absolute atomic E-state index is 5.92. The second-order valence-corrected chi connectivity index (χ2v) is 6.82. The lowest BCUT2D eigenvalue weighted by molar-refractivity contribution is 0.196. The van der Waals surface area contributed by atoms with E-state index in [2.05, 4.69) is 35.9 Å². The minimum absolute atomic E-state index is 0.224. The lowest BCUT2D eigenvalue weighted by Crippen LogP contribution is -2.38. The average molecular weight is 272 g/mol. The Morgan fingerprint density at radius 1 is 1.28 bits per heavy atom. The third-order valence-electron chi connectivity index (χ3n) is 3.76. The first-order valence-electron chi connectivity index (χ1n) is 6.60. The molecule has 4 nitrogen and oxygen atoms in total. The van der Waals surface area contributed by atoms with Crippen molar-refractivity contribution in [2.24, 2.45) is 11.3 Å². The molecular formula is C13H22ClN3O. The molecule has 1 unspecified atom stereocenters. The van der Waals surface area contributed by atoms with Gasteiger partial charge in [0.25, 0.3) is 0 Å². The third-order valence-corrected chi connectivity index (χ3v) is 3.95. The van der Waals surface area contributed by atoms with E-state index < -0.39 is 0 Å². The molecule has 0 amide bonds. The monoisotopic (exact) mass is 271 g/mol. The number of halogens is 1. The van der Waals surface area contributed by atoms with Gasteiger partial charge in [-0.15, -0.1) is 16.7 Å². The van der Waals surface area contributed by atoms with Gasteiger partial charge in [-0.2, -0.15) is 0 Å². The zero-order valence-corrected chi connectivity index (χ0v) is 12.4. The molecule has 0 spiro atoms. The Morgan fingerprint density at radius 3 is 2.33 bits per heavy atom. The number of nitrogens with zero attached hydrogens (tertiary/aromatic N) is 3. The molecule has 0 aromatic carbocycles. The molecule has 2 rings (SSSR count). The fraction of sp³-hybridized carbons (Fsp3) is 0.846. The second kappa shape index (κ2) is 5.08. The standard InChI is InChI=1S/C13H22ClN3O/c1-9(14)11-15-16-12(18-11)17-7-5-10(6-8-17)13(2,3)4/h9-10H,5-8H2,1-4H3. The van der Waals surface area contributed by atoms with Gasteiger partial charge in [0.2, 0.25) is 5.89 Å². The van der Waals surface area contributed by atoms with Crippen LogP contribution in [0.25, 0.3) is 0 Å². The maximum Gasteiger partial charge on any atom is 0.318 e. The van der Waals surface area contributed by atoms with Gasteiger partial charge in [-0.25, -0.2) is 0 Å². The molecule has 18 heavy (non-hydrogen) atoms. The summed E-state index contributed by atoms with van der Waals surface area (Å²) in [6.07, 6.45) is 2.36. The molecule has 1 aliphatic heterocycles. The van der Waals surface area contributed by atoms with Gasteiger partial charge in [0.1, 0.15) is 5.38 Å². The molecule has 1 atom stereocenters. The summed E-state index contributed by atoms with van der Waals surface area (Å²) in [5.74, 6) is 1.27. The summed E-state index contributed by atoms with van der Waals surface area (Å²) >= 11 is 5.92. The van der Waals surface area contributed by atoms with Crippen LogP contribution in [0.3, 0.4) is 0 Å². The van der Waals surface area contributed by atoms with Crippen molar-refractivity contribution in [3.63, 3.8) is 0 Å². The van der Waals surface area contributed by atoms with Crippen LogP contribution in [0.1, 0.15) is 51.8 Å². The van der Waals surface area contributed by atoms with Crippen molar-refractivity contribution in [2.45, 2.75) is 45.9 Å². The van der Waals surface area contributed by atoms with Crippen LogP contribution in [0.5, 0.6) is 0 Å². The van der Waals surface area contributed by atoms with Crippen LogP contribution in [0.4, 0.5) is 6.01 Å². The Morgan fingerprint density at radius 2 is 1.89 bits per heavy atom. The first kappa shape index (κ1) is 13.7. The third kappa shape index (κ3) is 2.97. The van der Waals surface area contributed by atoms with Gasteiger partial charge < -0.3 is 9.32 Å². The largest absolute Gasteiger partial charge is 0.406 e. The number of piperidine rings is 1. The van der Waals surface area contributed by atoms with E-state index in [0.717, 1.165) is 19.0 Å². The molecule has 0 radical (unpaired) electrons. The van der Waals surface area contributed by atoms with Crippen molar-refractivity contribution in [1.82, 2.24) is 10.2 Å². The smallest absolute Gasteiger partial charge is 0.318 e. The van der Waals surface area contributed by atoms with Gasteiger partial charge in [0, 0.05) is 13.1 Å². The van der Waals surface area contributed by atoms with E-state index in [0.29, 0.717) is 17.3 Å². The highest BCUT2D eigenvalue weighted by Gasteiger charge is 2.30. The van der Waals surface area contributed by atoms with Gasteiger partial charge >= 0.3 is 6.01 Å². The summed E-state index contributed by atoms with van der Waals surface area (Å²) in [5, 5.41) is 7.82. The molecule has 102 valence electrons. The maximum atomic E-state index is 5.92. The normalized spacial score (nSPS) is 20.2. The van der Waals surface area contributed by atoms with Crippen molar-refractivity contribution in [1.29, 1.82) is 0 Å². The van der Waals surface area contributed by atoms with E-state index >= 15 is 0 Å². The molecule has 1 aromatic rings. The van der Waals surface area contributed by atoms with Crippen molar-refractivity contribution < 1.29 is 4.42 Å². The van der Waals surface area contributed by atoms with Gasteiger partial charge in [0.15, 0.2) is 0 Å². The second-order valence-electron chi connectivity index (χ2n) is 6.17. The lowest BCUT2D eigenvalue weighted by Gasteiger charge is -2.38. The number of hydrogen-bond acceptors (Lipinski definition) is 4. The van der Waals surface area contributed by atoms with E-state index in [9.17, 15) is 0 Å². The SMILES string of the molecule is CC(Cl)c1nnc(N2CCC(C(C)(C)C)CC2)o1. The fourth-order valence-electron chi connectivity index (χ4n) is 2.45. The zero-order valence-electron chi connectivity index (χ0n) is 11.6. The molecule has 1 aromatic heterocycles. The summed E-state index contributed by atoms with van der Waals surface area (Å²) in [5.41, 5.74) is 0.386. The predicted molar refractivity (Wildman–Crippen MR) is 73.0 cm³/mol. The van der Waals surface area contributed by atoms with Crippen LogP contribution in [0.2, 0.25) is 0 Å². The Bertz CT molecular complexity index is 389. The molecule has 1 saturated heterocycles. The summed E-state index contributed by atoms with van der Waals surface area (Å²) in [4.78, 5) is 2.16. The number of aromatic nitrogens is 2. The van der Waals surface area contributed by atoms with Crippen molar-refractivity contribution in [3.05, 3.63) is 5.89 Å². The van der Waals surface area contributed by atoms with Gasteiger partial charge in [-0.3, -0.25) is 0 Å². The van der Waals surface area contributed by atoms with Crippen LogP contribution < -0.4 is 4.90 Å². The van der Waals surface area contributed by atoms with Crippen LogP contribution >= 0.6 is 11.6 Å². The molecule has 0 N–H and O–H groups in total. The van der Waals surface area contributed by atoms with Crippen LogP contribution in [0.15, 0.2) is 4.42 Å². The molecule has 2 heterocycles. The highest BCUT2D eigenvalue weighted by molar-refractivity contribution is 6.20. The van der Waals surface area contributed by atoms with Crippen LogP contribution in [0, 0.1) is 11.3 Å². The Kier molecular flexibility index (Phi) is 3.85. The zero-order chi connectivity index (χ0) is 13.3. The first-order chi connectivity index (χ1) is 8.38. The van der Waals surface area contributed by atoms with E-state index in [1.807, 2.05) is 6.92 Å². The van der Waals surface area contributed by atoms with E-state index in [4.69, 9.17) is 16.0 Å². The Hall–Kier alpha value is -0.770. The molecular weight excluding hydrogens is 250 g/mol. The van der Waals surface area contributed by atoms with Gasteiger partial charge in [0.05, 0.1) is 0 Å². The summed E-state index contributed by atoms with van der Waals surface area (Å²) in [6.45, 7) is 10.7. The highest BCUT2D eigenvalue weighted by atomic mass is 35.5.